The van der Waals surface area contributed by atoms with Gasteiger partial charge >= 0.3 is 0 Å². The molecule has 0 fully saturated rings. The van der Waals surface area contributed by atoms with E-state index in [0.717, 1.165) is 28.8 Å². The topological polar surface area (TPSA) is 113 Å². The van der Waals surface area contributed by atoms with Crippen molar-refractivity contribution in [2.24, 2.45) is 0 Å². The number of carbonyl (C=O) groups excluding carboxylic acids is 1. The highest BCUT2D eigenvalue weighted by atomic mass is 16.5. The maximum atomic E-state index is 11.1. The monoisotopic (exact) mass is 461 g/mol. The van der Waals surface area contributed by atoms with Gasteiger partial charge in [0.15, 0.2) is 0 Å². The summed E-state index contributed by atoms with van der Waals surface area (Å²) in [6.45, 7) is 3.84. The van der Waals surface area contributed by atoms with Crippen LogP contribution in [0, 0.1) is 5.41 Å². The second kappa shape index (κ2) is 13.2. The number of hydrogen-bond acceptors (Lipinski definition) is 6. The second-order valence-electron chi connectivity index (χ2n) is 7.97. The molecule has 0 aliphatic rings. The number of benzene rings is 2. The summed E-state index contributed by atoms with van der Waals surface area (Å²) in [5.41, 5.74) is 6.15. The van der Waals surface area contributed by atoms with Gasteiger partial charge in [0, 0.05) is 23.9 Å². The number of carbonyl (C=O) groups is 1. The van der Waals surface area contributed by atoms with Crippen LogP contribution in [0.25, 0.3) is 6.08 Å². The Bertz CT molecular complexity index is 1080. The van der Waals surface area contributed by atoms with E-state index in [0.29, 0.717) is 38.3 Å². The first-order chi connectivity index (χ1) is 16.6. The van der Waals surface area contributed by atoms with E-state index in [1.807, 2.05) is 60.8 Å². The number of ether oxygens (including phenoxy) is 1. The van der Waals surface area contributed by atoms with Crippen molar-refractivity contribution in [2.45, 2.75) is 45.3 Å². The Labute approximate surface area is 199 Å². The first kappa shape index (κ1) is 25.0. The van der Waals surface area contributed by atoms with Gasteiger partial charge in [-0.15, -0.1) is 5.10 Å². The molecule has 178 valence electrons. The Morgan fingerprint density at radius 1 is 1.21 bits per heavy atom. The van der Waals surface area contributed by atoms with Gasteiger partial charge < -0.3 is 10.1 Å². The average Bonchev–Trinajstić information content (AvgIpc) is 3.33. The summed E-state index contributed by atoms with van der Waals surface area (Å²) in [5, 5.41) is 25.6. The molecule has 1 atom stereocenters. The third kappa shape index (κ3) is 7.75. The van der Waals surface area contributed by atoms with Crippen molar-refractivity contribution in [3.05, 3.63) is 89.3 Å². The Hall–Kier alpha value is -3.62. The Morgan fingerprint density at radius 2 is 1.97 bits per heavy atom. The third-order valence-corrected chi connectivity index (χ3v) is 5.52. The lowest BCUT2D eigenvalue weighted by atomic mass is 9.88. The summed E-state index contributed by atoms with van der Waals surface area (Å²) >= 11 is 0. The quantitative estimate of drug-likeness (QED) is 0.116. The van der Waals surface area contributed by atoms with Crippen LogP contribution in [0.5, 0.6) is 0 Å². The smallest absolute Gasteiger partial charge is 0.267 e. The molecule has 3 aromatic rings. The summed E-state index contributed by atoms with van der Waals surface area (Å²) < 4.78 is 7.49. The van der Waals surface area contributed by atoms with Gasteiger partial charge in [0.1, 0.15) is 0 Å². The van der Waals surface area contributed by atoms with Crippen molar-refractivity contribution in [1.29, 1.82) is 5.41 Å². The molecule has 0 unspecified atom stereocenters. The van der Waals surface area contributed by atoms with Gasteiger partial charge in [-0.25, -0.2) is 10.2 Å². The molecule has 1 heterocycles. The molecule has 8 nitrogen and oxygen atoms in total. The first-order valence-corrected chi connectivity index (χ1v) is 11.4. The summed E-state index contributed by atoms with van der Waals surface area (Å²) in [6.07, 6.45) is 6.90. The molecular formula is C26H31N5O3. The molecule has 3 N–H and O–H groups in total. The van der Waals surface area contributed by atoms with E-state index in [2.05, 4.69) is 17.2 Å². The van der Waals surface area contributed by atoms with Crippen molar-refractivity contribution in [3.8, 4) is 0 Å². The molecule has 3 rings (SSSR count). The van der Waals surface area contributed by atoms with Crippen molar-refractivity contribution in [3.63, 3.8) is 0 Å². The number of hydrogen-bond donors (Lipinski definition) is 3. The number of hydroxylamine groups is 1. The number of nitrogens with one attached hydrogen (secondary N) is 2. The number of nitrogens with zero attached hydrogens (tertiary/aromatic N) is 3. The van der Waals surface area contributed by atoms with Crippen LogP contribution in [-0.4, -0.2) is 38.4 Å². The van der Waals surface area contributed by atoms with E-state index in [-0.39, 0.29) is 5.92 Å². The molecule has 0 saturated heterocycles. The average molecular weight is 462 g/mol. The molecule has 1 amide bonds. The van der Waals surface area contributed by atoms with E-state index >= 15 is 0 Å². The van der Waals surface area contributed by atoms with E-state index in [1.165, 1.54) is 6.08 Å². The van der Waals surface area contributed by atoms with Gasteiger partial charge in [0.05, 0.1) is 25.5 Å². The van der Waals surface area contributed by atoms with Gasteiger partial charge in [0.25, 0.3) is 5.91 Å². The van der Waals surface area contributed by atoms with Gasteiger partial charge in [-0.1, -0.05) is 66.7 Å². The van der Waals surface area contributed by atoms with E-state index in [9.17, 15) is 4.79 Å². The predicted molar refractivity (Wildman–Crippen MR) is 131 cm³/mol. The fraction of sp³-hybridized carbons (Fsp3) is 0.308. The zero-order valence-electron chi connectivity index (χ0n) is 19.4. The summed E-state index contributed by atoms with van der Waals surface area (Å²) in [6, 6.07) is 17.8. The second-order valence-corrected chi connectivity index (χ2v) is 7.97. The lowest BCUT2D eigenvalue weighted by molar-refractivity contribution is -0.124. The number of aromatic nitrogens is 3. The number of aryl methyl sites for hydroxylation is 1. The Morgan fingerprint density at radius 3 is 2.68 bits per heavy atom. The molecule has 8 heteroatoms. The zero-order chi connectivity index (χ0) is 24.2. The van der Waals surface area contributed by atoms with Gasteiger partial charge in [-0.05, 0) is 42.0 Å². The molecular weight excluding hydrogens is 430 g/mol. The molecule has 0 aliphatic carbocycles. The standard InChI is InChI=1S/C26H31N5O3/c1-2-24(22-11-8-20(9-12-22)10-15-26(32)29-33)25(27)14-13-23-18-31(30-28-23)16-17-34-19-21-6-4-3-5-7-21/h3-12,15,18,24,27,33H,2,13-14,16-17,19H2,1H3,(H,29,32)/b15-10+,27-25?/t24-/m0/s1. The van der Waals surface area contributed by atoms with Gasteiger partial charge in [0.2, 0.25) is 0 Å². The maximum absolute atomic E-state index is 11.1. The molecule has 0 aliphatic heterocycles. The molecule has 0 radical (unpaired) electrons. The van der Waals surface area contributed by atoms with Crippen LogP contribution in [0.4, 0.5) is 0 Å². The van der Waals surface area contributed by atoms with Gasteiger partial charge in [-0.2, -0.15) is 0 Å². The molecule has 1 aromatic heterocycles. The van der Waals surface area contributed by atoms with Crippen LogP contribution < -0.4 is 5.48 Å². The van der Waals surface area contributed by atoms with E-state index < -0.39 is 5.91 Å². The summed E-state index contributed by atoms with van der Waals surface area (Å²) in [4.78, 5) is 11.1. The molecule has 0 saturated carbocycles. The van der Waals surface area contributed by atoms with E-state index in [1.54, 1.807) is 16.2 Å². The van der Waals surface area contributed by atoms with Crippen LogP contribution in [-0.2, 0) is 29.1 Å². The first-order valence-electron chi connectivity index (χ1n) is 11.4. The Balaban J connectivity index is 1.45. The maximum Gasteiger partial charge on any atom is 0.267 e. The van der Waals surface area contributed by atoms with Crippen molar-refractivity contribution in [2.75, 3.05) is 6.61 Å². The fourth-order valence-corrected chi connectivity index (χ4v) is 3.65. The van der Waals surface area contributed by atoms with Crippen LogP contribution in [0.3, 0.4) is 0 Å². The normalized spacial score (nSPS) is 12.1. The lowest BCUT2D eigenvalue weighted by Crippen LogP contribution is -2.14. The van der Waals surface area contributed by atoms with Crippen LogP contribution in [0.1, 0.15) is 48.1 Å². The van der Waals surface area contributed by atoms with Crippen molar-refractivity contribution < 1.29 is 14.7 Å². The lowest BCUT2D eigenvalue weighted by Gasteiger charge is -2.17. The highest BCUT2D eigenvalue weighted by Gasteiger charge is 2.15. The predicted octanol–water partition coefficient (Wildman–Crippen LogP) is 4.16. The summed E-state index contributed by atoms with van der Waals surface area (Å²) in [5.74, 6) is -0.547. The zero-order valence-corrected chi connectivity index (χ0v) is 19.4. The SMILES string of the molecule is CC[C@H](C(=N)CCc1cn(CCOCc2ccccc2)nn1)c1ccc(/C=C/C(=O)NO)cc1. The molecule has 34 heavy (non-hydrogen) atoms. The third-order valence-electron chi connectivity index (χ3n) is 5.52. The van der Waals surface area contributed by atoms with Crippen molar-refractivity contribution >= 4 is 17.7 Å². The van der Waals surface area contributed by atoms with Gasteiger partial charge in [-0.3, -0.25) is 10.0 Å². The highest BCUT2D eigenvalue weighted by Crippen LogP contribution is 2.23. The minimum Gasteiger partial charge on any atom is -0.375 e. The van der Waals surface area contributed by atoms with Crippen molar-refractivity contribution in [1.82, 2.24) is 20.5 Å². The number of amides is 1. The van der Waals surface area contributed by atoms with Crippen LogP contribution >= 0.6 is 0 Å². The minimum absolute atomic E-state index is 0.0280. The molecule has 2 aromatic carbocycles. The van der Waals surface area contributed by atoms with Crippen LogP contribution in [0.15, 0.2) is 66.9 Å². The Kier molecular flexibility index (Phi) is 9.69. The molecule has 0 bridgehead atoms. The molecule has 0 spiro atoms. The minimum atomic E-state index is -0.575. The van der Waals surface area contributed by atoms with Crippen LogP contribution in [0.2, 0.25) is 0 Å². The largest absolute Gasteiger partial charge is 0.375 e. The number of rotatable bonds is 13. The summed E-state index contributed by atoms with van der Waals surface area (Å²) in [7, 11) is 0. The van der Waals surface area contributed by atoms with E-state index in [4.69, 9.17) is 15.4 Å². The fourth-order valence-electron chi connectivity index (χ4n) is 3.65. The highest BCUT2D eigenvalue weighted by molar-refractivity contribution is 5.91.